The van der Waals surface area contributed by atoms with E-state index in [2.05, 4.69) is 27.0 Å². The molecule has 3 aromatic rings. The molecule has 30 heavy (non-hydrogen) atoms. The second-order valence-electron chi connectivity index (χ2n) is 7.38. The van der Waals surface area contributed by atoms with E-state index in [0.717, 1.165) is 19.6 Å². The maximum absolute atomic E-state index is 12.7. The minimum atomic E-state index is -0.869. The number of rotatable bonds is 5. The quantitative estimate of drug-likeness (QED) is 0.609. The molecule has 0 saturated carbocycles. The largest absolute Gasteiger partial charge is 0.448 e. The highest BCUT2D eigenvalue weighted by Crippen LogP contribution is 2.13. The van der Waals surface area contributed by atoms with E-state index in [0.29, 0.717) is 24.1 Å². The van der Waals surface area contributed by atoms with Gasteiger partial charge in [-0.05, 0) is 24.6 Å². The number of fused-ring (bicyclic) bond motifs is 1. The molecule has 2 heterocycles. The lowest BCUT2D eigenvalue weighted by molar-refractivity contribution is -0.141. The van der Waals surface area contributed by atoms with Crippen LogP contribution in [-0.4, -0.2) is 63.9 Å². The van der Waals surface area contributed by atoms with Gasteiger partial charge < -0.3 is 9.64 Å². The summed E-state index contributed by atoms with van der Waals surface area (Å²) in [5.74, 6) is -0.826. The van der Waals surface area contributed by atoms with Crippen LogP contribution in [0.3, 0.4) is 0 Å². The molecule has 1 aliphatic heterocycles. The molecule has 0 spiro atoms. The van der Waals surface area contributed by atoms with Gasteiger partial charge in [0.05, 0.1) is 17.2 Å². The second-order valence-corrected chi connectivity index (χ2v) is 7.38. The third-order valence-corrected chi connectivity index (χ3v) is 5.22. The molecule has 1 unspecified atom stereocenters. The van der Waals surface area contributed by atoms with Crippen LogP contribution in [-0.2, 0) is 16.1 Å². The van der Waals surface area contributed by atoms with Gasteiger partial charge in [-0.15, -0.1) is 0 Å². The normalized spacial score (nSPS) is 15.7. The van der Waals surface area contributed by atoms with Crippen molar-refractivity contribution < 1.29 is 14.3 Å². The van der Waals surface area contributed by atoms with Crippen molar-refractivity contribution in [2.24, 2.45) is 0 Å². The number of ether oxygens (including phenoxy) is 1. The van der Waals surface area contributed by atoms with Gasteiger partial charge >= 0.3 is 5.97 Å². The summed E-state index contributed by atoms with van der Waals surface area (Å²) in [6, 6.07) is 17.6. The first-order chi connectivity index (χ1) is 14.6. The molecule has 2 aromatic carbocycles. The SMILES string of the molecule is CC(OC(=O)c1cnc2ccccc2n1)C(=O)N1CCN(Cc2ccccc2)CC1. The van der Waals surface area contributed by atoms with Crippen LogP contribution in [0.5, 0.6) is 0 Å². The highest BCUT2D eigenvalue weighted by atomic mass is 16.5. The van der Waals surface area contributed by atoms with Crippen LogP contribution < -0.4 is 0 Å². The monoisotopic (exact) mass is 404 g/mol. The molecule has 1 atom stereocenters. The zero-order chi connectivity index (χ0) is 20.9. The topological polar surface area (TPSA) is 75.6 Å². The summed E-state index contributed by atoms with van der Waals surface area (Å²) in [6.45, 7) is 5.28. The van der Waals surface area contributed by atoms with Gasteiger partial charge in [0.2, 0.25) is 0 Å². The van der Waals surface area contributed by atoms with Gasteiger partial charge in [-0.3, -0.25) is 14.7 Å². The third kappa shape index (κ3) is 4.63. The van der Waals surface area contributed by atoms with Crippen LogP contribution in [0.1, 0.15) is 23.0 Å². The van der Waals surface area contributed by atoms with E-state index in [1.807, 2.05) is 36.4 Å². The number of aromatic nitrogens is 2. The van der Waals surface area contributed by atoms with E-state index in [-0.39, 0.29) is 11.6 Å². The fraction of sp³-hybridized carbons (Fsp3) is 0.304. The Morgan fingerprint density at radius 3 is 2.37 bits per heavy atom. The number of esters is 1. The number of hydrogen-bond acceptors (Lipinski definition) is 6. The van der Waals surface area contributed by atoms with Crippen molar-refractivity contribution in [3.63, 3.8) is 0 Å². The van der Waals surface area contributed by atoms with Gasteiger partial charge in [0.1, 0.15) is 0 Å². The van der Waals surface area contributed by atoms with Crippen molar-refractivity contribution in [3.05, 3.63) is 72.1 Å². The Morgan fingerprint density at radius 1 is 0.967 bits per heavy atom. The summed E-state index contributed by atoms with van der Waals surface area (Å²) in [5, 5.41) is 0. The average molecular weight is 404 g/mol. The number of carbonyl (C=O) groups is 2. The minimum Gasteiger partial charge on any atom is -0.448 e. The van der Waals surface area contributed by atoms with Crippen LogP contribution in [0.15, 0.2) is 60.8 Å². The molecule has 154 valence electrons. The molecule has 0 radical (unpaired) electrons. The molecule has 0 N–H and O–H groups in total. The first-order valence-electron chi connectivity index (χ1n) is 10.1. The van der Waals surface area contributed by atoms with Crippen LogP contribution in [0, 0.1) is 0 Å². The minimum absolute atomic E-state index is 0.0982. The lowest BCUT2D eigenvalue weighted by atomic mass is 10.2. The van der Waals surface area contributed by atoms with Crippen LogP contribution >= 0.6 is 0 Å². The zero-order valence-corrected chi connectivity index (χ0v) is 16.9. The molecule has 1 aromatic heterocycles. The lowest BCUT2D eigenvalue weighted by Crippen LogP contribution is -2.51. The molecule has 7 nitrogen and oxygen atoms in total. The molecule has 0 bridgehead atoms. The van der Waals surface area contributed by atoms with Crippen molar-refractivity contribution in [2.45, 2.75) is 19.6 Å². The van der Waals surface area contributed by atoms with E-state index >= 15 is 0 Å². The number of hydrogen-bond donors (Lipinski definition) is 0. The summed E-state index contributed by atoms with van der Waals surface area (Å²) in [6.07, 6.45) is 0.510. The van der Waals surface area contributed by atoms with Crippen molar-refractivity contribution in [1.82, 2.24) is 19.8 Å². The molecular weight excluding hydrogens is 380 g/mol. The summed E-state index contributed by atoms with van der Waals surface area (Å²) in [5.41, 5.74) is 2.67. The molecule has 4 rings (SSSR count). The number of carbonyl (C=O) groups excluding carboxylic acids is 2. The smallest absolute Gasteiger partial charge is 0.359 e. The number of amides is 1. The fourth-order valence-electron chi connectivity index (χ4n) is 3.55. The molecule has 7 heteroatoms. The van der Waals surface area contributed by atoms with Crippen LogP contribution in [0.25, 0.3) is 11.0 Å². The molecule has 1 aliphatic rings. The molecule has 0 aliphatic carbocycles. The Labute approximate surface area is 175 Å². The van der Waals surface area contributed by atoms with Crippen molar-refractivity contribution in [3.8, 4) is 0 Å². The zero-order valence-electron chi connectivity index (χ0n) is 16.9. The number of piperazine rings is 1. The van der Waals surface area contributed by atoms with Crippen molar-refractivity contribution in [2.75, 3.05) is 26.2 Å². The predicted octanol–water partition coefficient (Wildman–Crippen LogP) is 2.52. The van der Waals surface area contributed by atoms with Gasteiger partial charge in [0, 0.05) is 32.7 Å². The maximum atomic E-state index is 12.7. The van der Waals surface area contributed by atoms with Gasteiger partial charge in [-0.1, -0.05) is 42.5 Å². The van der Waals surface area contributed by atoms with Gasteiger partial charge in [0.25, 0.3) is 5.91 Å². The van der Waals surface area contributed by atoms with Crippen molar-refractivity contribution in [1.29, 1.82) is 0 Å². The lowest BCUT2D eigenvalue weighted by Gasteiger charge is -2.35. The Balaban J connectivity index is 1.30. The summed E-state index contributed by atoms with van der Waals surface area (Å²) in [7, 11) is 0. The highest BCUT2D eigenvalue weighted by molar-refractivity contribution is 5.92. The van der Waals surface area contributed by atoms with E-state index in [1.54, 1.807) is 17.9 Å². The number of nitrogens with zero attached hydrogens (tertiary/aromatic N) is 4. The van der Waals surface area contributed by atoms with Crippen LogP contribution in [0.4, 0.5) is 0 Å². The summed E-state index contributed by atoms with van der Waals surface area (Å²) >= 11 is 0. The molecule has 1 fully saturated rings. The number of para-hydroxylation sites is 2. The number of benzene rings is 2. The molecule has 1 amide bonds. The molecule has 1 saturated heterocycles. The summed E-state index contributed by atoms with van der Waals surface area (Å²) < 4.78 is 5.38. The van der Waals surface area contributed by atoms with E-state index in [1.165, 1.54) is 11.8 Å². The van der Waals surface area contributed by atoms with Gasteiger partial charge in [-0.25, -0.2) is 9.78 Å². The first-order valence-corrected chi connectivity index (χ1v) is 10.1. The molecular formula is C23H24N4O3. The van der Waals surface area contributed by atoms with E-state index in [9.17, 15) is 9.59 Å². The standard InChI is InChI=1S/C23H24N4O3/c1-17(30-23(29)21-15-24-19-9-5-6-10-20(19)25-21)22(28)27-13-11-26(12-14-27)16-18-7-3-2-4-8-18/h2-10,15,17H,11-14,16H2,1H3. The van der Waals surface area contributed by atoms with Crippen LogP contribution in [0.2, 0.25) is 0 Å². The first kappa shape index (κ1) is 20.0. The second kappa shape index (κ2) is 9.00. The third-order valence-electron chi connectivity index (χ3n) is 5.22. The van der Waals surface area contributed by atoms with E-state index < -0.39 is 12.1 Å². The van der Waals surface area contributed by atoms with Crippen molar-refractivity contribution >= 4 is 22.9 Å². The summed E-state index contributed by atoms with van der Waals surface area (Å²) in [4.78, 5) is 37.8. The Hall–Kier alpha value is -3.32. The van der Waals surface area contributed by atoms with Gasteiger partial charge in [0.15, 0.2) is 11.8 Å². The van der Waals surface area contributed by atoms with E-state index in [4.69, 9.17) is 4.74 Å². The fourth-order valence-corrected chi connectivity index (χ4v) is 3.55. The average Bonchev–Trinajstić information content (AvgIpc) is 2.79. The Morgan fingerprint density at radius 2 is 1.63 bits per heavy atom. The predicted molar refractivity (Wildman–Crippen MR) is 113 cm³/mol. The maximum Gasteiger partial charge on any atom is 0.359 e. The Kier molecular flexibility index (Phi) is 5.99. The highest BCUT2D eigenvalue weighted by Gasteiger charge is 2.28. The van der Waals surface area contributed by atoms with Gasteiger partial charge in [-0.2, -0.15) is 0 Å². The Bertz CT molecular complexity index is 1030.